The number of rotatable bonds is 7. The van der Waals surface area contributed by atoms with E-state index in [1.807, 2.05) is 19.9 Å². The van der Waals surface area contributed by atoms with E-state index in [1.165, 1.54) is 49.6 Å². The third-order valence-electron chi connectivity index (χ3n) is 5.60. The molecule has 1 unspecified atom stereocenters. The average Bonchev–Trinajstić information content (AvgIpc) is 3.01. The predicted octanol–water partition coefficient (Wildman–Crippen LogP) is 5.14. The van der Waals surface area contributed by atoms with E-state index in [9.17, 15) is 4.79 Å². The van der Waals surface area contributed by atoms with Crippen molar-refractivity contribution in [3.63, 3.8) is 0 Å². The van der Waals surface area contributed by atoms with Crippen molar-refractivity contribution in [1.29, 1.82) is 0 Å². The summed E-state index contributed by atoms with van der Waals surface area (Å²) in [6, 6.07) is 5.86. The lowest BCUT2D eigenvalue weighted by Gasteiger charge is -2.26. The van der Waals surface area contributed by atoms with Crippen LogP contribution in [0.4, 0.5) is 5.69 Å². The number of nitrogens with one attached hydrogen (secondary N) is 1. The van der Waals surface area contributed by atoms with Crippen molar-refractivity contribution in [3.8, 4) is 11.5 Å². The second-order valence-electron chi connectivity index (χ2n) is 7.55. The minimum absolute atomic E-state index is 0.0595. The first-order valence-corrected chi connectivity index (χ1v) is 11.1. The SMILES string of the molecule is COc1ccc(NC(=O)C(C)Sc2nc(C)c(C)n2C2CCCCC2)cc1OC. The predicted molar refractivity (Wildman–Crippen MR) is 117 cm³/mol. The highest BCUT2D eigenvalue weighted by Gasteiger charge is 2.25. The maximum absolute atomic E-state index is 12.8. The molecule has 0 radical (unpaired) electrons. The van der Waals surface area contributed by atoms with Gasteiger partial charge in [-0.05, 0) is 45.7 Å². The van der Waals surface area contributed by atoms with Crippen LogP contribution in [-0.2, 0) is 4.79 Å². The number of thioether (sulfide) groups is 1. The number of nitrogens with zero attached hydrogens (tertiary/aromatic N) is 2. The molecule has 1 amide bonds. The van der Waals surface area contributed by atoms with Gasteiger partial charge in [-0.25, -0.2) is 4.98 Å². The monoisotopic (exact) mass is 417 g/mol. The van der Waals surface area contributed by atoms with E-state index < -0.39 is 0 Å². The Hall–Kier alpha value is -2.15. The third-order valence-corrected chi connectivity index (χ3v) is 6.66. The molecule has 0 spiro atoms. The summed E-state index contributed by atoms with van der Waals surface area (Å²) in [6.07, 6.45) is 6.23. The molecule has 3 rings (SSSR count). The van der Waals surface area contributed by atoms with Gasteiger partial charge in [-0.15, -0.1) is 0 Å². The van der Waals surface area contributed by atoms with Gasteiger partial charge in [0.1, 0.15) is 0 Å². The minimum atomic E-state index is -0.272. The number of methoxy groups -OCH3 is 2. The second-order valence-corrected chi connectivity index (χ2v) is 8.85. The van der Waals surface area contributed by atoms with E-state index in [0.29, 0.717) is 23.2 Å². The molecule has 1 aliphatic carbocycles. The Bertz CT molecular complexity index is 859. The molecule has 6 nitrogen and oxygen atoms in total. The van der Waals surface area contributed by atoms with Crippen LogP contribution in [-0.4, -0.2) is 34.9 Å². The molecule has 2 aromatic rings. The van der Waals surface area contributed by atoms with Crippen molar-refractivity contribution in [1.82, 2.24) is 9.55 Å². The summed E-state index contributed by atoms with van der Waals surface area (Å²) in [5.74, 6) is 1.16. The van der Waals surface area contributed by atoms with Gasteiger partial charge < -0.3 is 19.4 Å². The number of ether oxygens (including phenoxy) is 2. The fourth-order valence-electron chi connectivity index (χ4n) is 3.82. The summed E-state index contributed by atoms with van der Waals surface area (Å²) in [4.78, 5) is 17.6. The lowest BCUT2D eigenvalue weighted by molar-refractivity contribution is -0.115. The van der Waals surface area contributed by atoms with Crippen LogP contribution < -0.4 is 14.8 Å². The van der Waals surface area contributed by atoms with Crippen molar-refractivity contribution in [2.45, 2.75) is 69.3 Å². The van der Waals surface area contributed by atoms with Crippen molar-refractivity contribution < 1.29 is 14.3 Å². The van der Waals surface area contributed by atoms with Crippen molar-refractivity contribution in [2.75, 3.05) is 19.5 Å². The van der Waals surface area contributed by atoms with Crippen LogP contribution in [0.2, 0.25) is 0 Å². The molecule has 1 saturated carbocycles. The molecule has 0 aliphatic heterocycles. The first-order chi connectivity index (χ1) is 13.9. The number of anilines is 1. The Balaban J connectivity index is 1.72. The maximum atomic E-state index is 12.8. The number of aryl methyl sites for hydroxylation is 1. The molecule has 1 N–H and O–H groups in total. The van der Waals surface area contributed by atoms with Gasteiger partial charge in [-0.1, -0.05) is 31.0 Å². The van der Waals surface area contributed by atoms with Gasteiger partial charge in [-0.2, -0.15) is 0 Å². The number of benzene rings is 1. The Morgan fingerprint density at radius 3 is 2.52 bits per heavy atom. The Morgan fingerprint density at radius 2 is 1.86 bits per heavy atom. The van der Waals surface area contributed by atoms with E-state index >= 15 is 0 Å². The van der Waals surface area contributed by atoms with E-state index in [0.717, 1.165) is 10.9 Å². The van der Waals surface area contributed by atoms with Crippen LogP contribution in [0.3, 0.4) is 0 Å². The standard InChI is InChI=1S/C22H31N3O3S/c1-14-15(2)25(18-9-7-6-8-10-18)22(23-14)29-16(3)21(26)24-17-11-12-19(27-4)20(13-17)28-5/h11-13,16,18H,6-10H2,1-5H3,(H,24,26). The third kappa shape index (κ3) is 4.89. The molecular formula is C22H31N3O3S. The summed E-state index contributed by atoms with van der Waals surface area (Å²) < 4.78 is 12.9. The van der Waals surface area contributed by atoms with E-state index in [1.54, 1.807) is 26.4 Å². The van der Waals surface area contributed by atoms with Gasteiger partial charge >= 0.3 is 0 Å². The van der Waals surface area contributed by atoms with Crippen molar-refractivity contribution >= 4 is 23.4 Å². The minimum Gasteiger partial charge on any atom is -0.493 e. The number of imidazole rings is 1. The zero-order valence-corrected chi connectivity index (χ0v) is 18.8. The average molecular weight is 418 g/mol. The molecule has 1 fully saturated rings. The molecule has 29 heavy (non-hydrogen) atoms. The molecule has 1 heterocycles. The van der Waals surface area contributed by atoms with Gasteiger partial charge in [0.25, 0.3) is 0 Å². The zero-order chi connectivity index (χ0) is 21.0. The second kappa shape index (κ2) is 9.57. The van der Waals surface area contributed by atoms with Gasteiger partial charge in [-0.3, -0.25) is 4.79 Å². The summed E-state index contributed by atoms with van der Waals surface area (Å²) in [5, 5.41) is 3.65. The van der Waals surface area contributed by atoms with Crippen LogP contribution >= 0.6 is 11.8 Å². The van der Waals surface area contributed by atoms with Gasteiger partial charge in [0.05, 0.1) is 25.2 Å². The van der Waals surface area contributed by atoms with E-state index in [2.05, 4.69) is 16.8 Å². The largest absolute Gasteiger partial charge is 0.493 e. The molecular weight excluding hydrogens is 386 g/mol. The van der Waals surface area contributed by atoms with Crippen LogP contribution in [0.25, 0.3) is 0 Å². The number of hydrogen-bond donors (Lipinski definition) is 1. The van der Waals surface area contributed by atoms with Crippen LogP contribution in [0.15, 0.2) is 23.4 Å². The molecule has 1 aromatic heterocycles. The molecule has 1 aromatic carbocycles. The number of amides is 1. The first-order valence-electron chi connectivity index (χ1n) is 10.2. The molecule has 7 heteroatoms. The van der Waals surface area contributed by atoms with Gasteiger partial charge in [0.2, 0.25) is 5.91 Å². The summed E-state index contributed by atoms with van der Waals surface area (Å²) in [6.45, 7) is 6.10. The van der Waals surface area contributed by atoms with E-state index in [-0.39, 0.29) is 11.2 Å². The van der Waals surface area contributed by atoms with Crippen LogP contribution in [0, 0.1) is 13.8 Å². The summed E-state index contributed by atoms with van der Waals surface area (Å²) in [5.41, 5.74) is 2.94. The smallest absolute Gasteiger partial charge is 0.237 e. The Kier molecular flexibility index (Phi) is 7.11. The zero-order valence-electron chi connectivity index (χ0n) is 17.9. The number of carbonyl (C=O) groups is 1. The lowest BCUT2D eigenvalue weighted by Crippen LogP contribution is -2.23. The van der Waals surface area contributed by atoms with Crippen molar-refractivity contribution in [3.05, 3.63) is 29.6 Å². The quantitative estimate of drug-likeness (QED) is 0.632. The highest BCUT2D eigenvalue weighted by molar-refractivity contribution is 8.00. The number of carbonyl (C=O) groups excluding carboxylic acids is 1. The van der Waals surface area contributed by atoms with E-state index in [4.69, 9.17) is 14.5 Å². The summed E-state index contributed by atoms with van der Waals surface area (Å²) >= 11 is 1.53. The highest BCUT2D eigenvalue weighted by Crippen LogP contribution is 2.36. The number of hydrogen-bond acceptors (Lipinski definition) is 5. The highest BCUT2D eigenvalue weighted by atomic mass is 32.2. The molecule has 158 valence electrons. The molecule has 1 atom stereocenters. The van der Waals surface area contributed by atoms with Crippen molar-refractivity contribution in [2.24, 2.45) is 0 Å². The molecule has 0 bridgehead atoms. The normalized spacial score (nSPS) is 15.8. The van der Waals surface area contributed by atoms with Gasteiger partial charge in [0.15, 0.2) is 16.7 Å². The fraction of sp³-hybridized carbons (Fsp3) is 0.545. The fourth-order valence-corrected chi connectivity index (χ4v) is 4.89. The topological polar surface area (TPSA) is 65.4 Å². The Labute approximate surface area is 177 Å². The number of aromatic nitrogens is 2. The summed E-state index contributed by atoms with van der Waals surface area (Å²) in [7, 11) is 3.17. The van der Waals surface area contributed by atoms with Crippen LogP contribution in [0.5, 0.6) is 11.5 Å². The lowest BCUT2D eigenvalue weighted by atomic mass is 9.95. The van der Waals surface area contributed by atoms with Crippen LogP contribution in [0.1, 0.15) is 56.5 Å². The molecule has 0 saturated heterocycles. The van der Waals surface area contributed by atoms with Gasteiger partial charge in [0, 0.05) is 23.5 Å². The Morgan fingerprint density at radius 1 is 1.17 bits per heavy atom. The first kappa shape index (κ1) is 21.6. The maximum Gasteiger partial charge on any atom is 0.237 e. The molecule has 1 aliphatic rings.